The Bertz CT molecular complexity index is 818. The van der Waals surface area contributed by atoms with Crippen molar-refractivity contribution in [3.63, 3.8) is 0 Å². The smallest absolute Gasteiger partial charge is 0.242 e. The van der Waals surface area contributed by atoms with Gasteiger partial charge in [0.25, 0.3) is 0 Å². The highest BCUT2D eigenvalue weighted by molar-refractivity contribution is 6.30. The highest BCUT2D eigenvalue weighted by Crippen LogP contribution is 2.14. The van der Waals surface area contributed by atoms with E-state index in [0.29, 0.717) is 31.2 Å². The van der Waals surface area contributed by atoms with Gasteiger partial charge in [-0.1, -0.05) is 23.7 Å². The minimum atomic E-state index is 0.0866. The third-order valence-corrected chi connectivity index (χ3v) is 4.90. The Morgan fingerprint density at radius 1 is 1.25 bits per heavy atom. The van der Waals surface area contributed by atoms with Crippen molar-refractivity contribution in [3.8, 4) is 0 Å². The van der Waals surface area contributed by atoms with Crippen LogP contribution in [0.15, 0.2) is 35.6 Å². The molecular weight excluding hydrogens is 378 g/mol. The van der Waals surface area contributed by atoms with Gasteiger partial charge >= 0.3 is 0 Å². The molecule has 2 aromatic rings. The first-order valence-corrected chi connectivity index (χ1v) is 9.90. The Hall–Kier alpha value is -2.61. The summed E-state index contributed by atoms with van der Waals surface area (Å²) in [6, 6.07) is 7.61. The first-order chi connectivity index (χ1) is 13.6. The lowest BCUT2D eigenvalue weighted by molar-refractivity contribution is -0.135. The molecule has 1 saturated heterocycles. The van der Waals surface area contributed by atoms with Crippen molar-refractivity contribution >= 4 is 23.5 Å². The largest absolute Gasteiger partial charge is 0.356 e. The number of guanidine groups is 1. The number of nitrogens with zero attached hydrogens (tertiary/aromatic N) is 6. The van der Waals surface area contributed by atoms with E-state index in [-0.39, 0.29) is 5.91 Å². The van der Waals surface area contributed by atoms with E-state index in [1.165, 1.54) is 0 Å². The zero-order valence-corrected chi connectivity index (χ0v) is 17.1. The molecule has 0 bridgehead atoms. The second-order valence-electron chi connectivity index (χ2n) is 6.57. The molecule has 0 spiro atoms. The van der Waals surface area contributed by atoms with Gasteiger partial charge < -0.3 is 19.7 Å². The van der Waals surface area contributed by atoms with Gasteiger partial charge in [-0.2, -0.15) is 0 Å². The fraction of sp³-hybridized carbons (Fsp3) is 0.474. The molecule has 1 N–H and O–H groups in total. The minimum Gasteiger partial charge on any atom is -0.356 e. The summed E-state index contributed by atoms with van der Waals surface area (Å²) in [4.78, 5) is 21.2. The van der Waals surface area contributed by atoms with E-state index in [4.69, 9.17) is 11.6 Å². The second kappa shape index (κ2) is 9.54. The fourth-order valence-electron chi connectivity index (χ4n) is 3.10. The van der Waals surface area contributed by atoms with Gasteiger partial charge in [0, 0.05) is 37.7 Å². The first kappa shape index (κ1) is 20.1. The fourth-order valence-corrected chi connectivity index (χ4v) is 3.23. The average Bonchev–Trinajstić information content (AvgIpc) is 3.16. The number of aromatic nitrogens is 3. The number of halogens is 1. The van der Waals surface area contributed by atoms with Gasteiger partial charge in [-0.25, -0.2) is 4.99 Å². The Kier molecular flexibility index (Phi) is 6.86. The number of aryl methyl sites for hydroxylation is 1. The van der Waals surface area contributed by atoms with Crippen LogP contribution in [-0.4, -0.2) is 62.6 Å². The predicted molar refractivity (Wildman–Crippen MR) is 109 cm³/mol. The maximum Gasteiger partial charge on any atom is 0.242 e. The van der Waals surface area contributed by atoms with Crippen molar-refractivity contribution in [3.05, 3.63) is 47.0 Å². The molecule has 9 heteroatoms. The summed E-state index contributed by atoms with van der Waals surface area (Å²) in [5, 5.41) is 12.0. The number of nitrogens with one attached hydrogen (secondary N) is 1. The molecular formula is C19H26ClN7O. The van der Waals surface area contributed by atoms with Crippen LogP contribution in [0, 0.1) is 0 Å². The quantitative estimate of drug-likeness (QED) is 0.587. The minimum absolute atomic E-state index is 0.0866. The van der Waals surface area contributed by atoms with Crippen LogP contribution in [0.2, 0.25) is 5.02 Å². The summed E-state index contributed by atoms with van der Waals surface area (Å²) in [5.74, 6) is 1.63. The van der Waals surface area contributed by atoms with Crippen LogP contribution in [0.4, 0.5) is 0 Å². The van der Waals surface area contributed by atoms with Gasteiger partial charge in [0.1, 0.15) is 12.9 Å². The van der Waals surface area contributed by atoms with E-state index in [2.05, 4.69) is 20.5 Å². The van der Waals surface area contributed by atoms with E-state index in [0.717, 1.165) is 37.0 Å². The summed E-state index contributed by atoms with van der Waals surface area (Å²) in [5.41, 5.74) is 1.07. The van der Waals surface area contributed by atoms with Crippen molar-refractivity contribution in [1.29, 1.82) is 0 Å². The van der Waals surface area contributed by atoms with Crippen LogP contribution in [0.25, 0.3) is 0 Å². The molecule has 150 valence electrons. The zero-order chi connectivity index (χ0) is 19.9. The van der Waals surface area contributed by atoms with Crippen LogP contribution < -0.4 is 5.32 Å². The van der Waals surface area contributed by atoms with Gasteiger partial charge in [-0.05, 0) is 31.5 Å². The summed E-state index contributed by atoms with van der Waals surface area (Å²) in [6.07, 6.45) is 1.71. The lowest BCUT2D eigenvalue weighted by atomic mass is 10.2. The number of benzene rings is 1. The molecule has 1 aromatic carbocycles. The summed E-state index contributed by atoms with van der Waals surface area (Å²) in [7, 11) is 0. The van der Waals surface area contributed by atoms with Gasteiger partial charge in [-0.15, -0.1) is 10.2 Å². The van der Waals surface area contributed by atoms with E-state index < -0.39 is 0 Å². The average molecular weight is 404 g/mol. The van der Waals surface area contributed by atoms with Gasteiger partial charge in [0.05, 0.1) is 6.54 Å². The van der Waals surface area contributed by atoms with Crippen molar-refractivity contribution in [2.45, 2.75) is 33.5 Å². The molecule has 0 radical (unpaired) electrons. The standard InChI is InChI=1S/C19H26ClN7O/c1-3-21-19(22-11-17-24-23-14-25(17)4-2)27-10-9-26(18(28)13-27)12-15-5-7-16(20)8-6-15/h5-8,14H,3-4,9-13H2,1-2H3,(H,21,22). The van der Waals surface area contributed by atoms with E-state index in [1.54, 1.807) is 6.33 Å². The Morgan fingerprint density at radius 3 is 2.71 bits per heavy atom. The lowest BCUT2D eigenvalue weighted by Gasteiger charge is -2.36. The molecule has 8 nitrogen and oxygen atoms in total. The molecule has 0 saturated carbocycles. The molecule has 1 amide bonds. The number of carbonyl (C=O) groups excluding carboxylic acids is 1. The predicted octanol–water partition coefficient (Wildman–Crippen LogP) is 1.76. The number of hydrogen-bond donors (Lipinski definition) is 1. The summed E-state index contributed by atoms with van der Waals surface area (Å²) < 4.78 is 1.96. The van der Waals surface area contributed by atoms with Crippen LogP contribution in [-0.2, 0) is 24.4 Å². The number of rotatable bonds is 6. The topological polar surface area (TPSA) is 78.7 Å². The van der Waals surface area contributed by atoms with Crippen molar-refractivity contribution in [1.82, 2.24) is 29.9 Å². The monoisotopic (exact) mass is 403 g/mol. The highest BCUT2D eigenvalue weighted by Gasteiger charge is 2.26. The third-order valence-electron chi connectivity index (χ3n) is 4.65. The van der Waals surface area contributed by atoms with Crippen molar-refractivity contribution in [2.24, 2.45) is 4.99 Å². The Morgan fingerprint density at radius 2 is 2.04 bits per heavy atom. The van der Waals surface area contributed by atoms with Crippen molar-refractivity contribution in [2.75, 3.05) is 26.2 Å². The van der Waals surface area contributed by atoms with E-state index >= 15 is 0 Å². The van der Waals surface area contributed by atoms with Gasteiger partial charge in [-0.3, -0.25) is 4.79 Å². The molecule has 1 aliphatic heterocycles. The highest BCUT2D eigenvalue weighted by atomic mass is 35.5. The lowest BCUT2D eigenvalue weighted by Crippen LogP contribution is -2.54. The molecule has 2 heterocycles. The van der Waals surface area contributed by atoms with E-state index in [1.807, 2.05) is 52.5 Å². The zero-order valence-electron chi connectivity index (χ0n) is 16.3. The summed E-state index contributed by atoms with van der Waals surface area (Å²) >= 11 is 5.94. The number of hydrogen-bond acceptors (Lipinski definition) is 4. The van der Waals surface area contributed by atoms with Crippen molar-refractivity contribution < 1.29 is 4.79 Å². The van der Waals surface area contributed by atoms with Crippen LogP contribution >= 0.6 is 11.6 Å². The molecule has 28 heavy (non-hydrogen) atoms. The normalized spacial score (nSPS) is 15.2. The Labute approximate surface area is 170 Å². The molecule has 0 aliphatic carbocycles. The van der Waals surface area contributed by atoms with Crippen LogP contribution in [0.3, 0.4) is 0 Å². The summed E-state index contributed by atoms with van der Waals surface area (Å²) in [6.45, 7) is 8.30. The number of carbonyl (C=O) groups is 1. The van der Waals surface area contributed by atoms with E-state index in [9.17, 15) is 4.79 Å². The maximum absolute atomic E-state index is 12.7. The molecule has 1 aromatic heterocycles. The van der Waals surface area contributed by atoms with Crippen LogP contribution in [0.5, 0.6) is 0 Å². The van der Waals surface area contributed by atoms with Crippen LogP contribution in [0.1, 0.15) is 25.2 Å². The van der Waals surface area contributed by atoms with Gasteiger partial charge in [0.15, 0.2) is 11.8 Å². The second-order valence-corrected chi connectivity index (χ2v) is 7.00. The van der Waals surface area contributed by atoms with Gasteiger partial charge in [0.2, 0.25) is 5.91 Å². The number of piperazine rings is 1. The maximum atomic E-state index is 12.7. The SMILES string of the molecule is CCNC(=NCc1nncn1CC)N1CCN(Cc2ccc(Cl)cc2)C(=O)C1. The number of amides is 1. The first-order valence-electron chi connectivity index (χ1n) is 9.52. The third kappa shape index (κ3) is 5.01. The molecule has 0 atom stereocenters. The molecule has 1 fully saturated rings. The molecule has 3 rings (SSSR count). The number of aliphatic imine (C=N–C) groups is 1. The Balaban J connectivity index is 1.63. The molecule has 1 aliphatic rings. The molecule has 0 unspecified atom stereocenters.